The normalized spacial score (nSPS) is 12.8. The third-order valence-corrected chi connectivity index (χ3v) is 3.69. The van der Waals surface area contributed by atoms with E-state index in [1.807, 2.05) is 42.7 Å². The number of aromatic nitrogens is 2. The van der Waals surface area contributed by atoms with Crippen molar-refractivity contribution in [2.45, 2.75) is 26.5 Å². The SMILES string of the molecule is Cc1ccc(C)c(C(O)Cn2cnc3ccccc32)c1. The molecule has 0 aliphatic rings. The number of aliphatic hydroxyl groups excluding tert-OH is 1. The van der Waals surface area contributed by atoms with Crippen LogP contribution in [0.2, 0.25) is 0 Å². The van der Waals surface area contributed by atoms with Crippen LogP contribution in [-0.2, 0) is 6.54 Å². The minimum absolute atomic E-state index is 0.519. The van der Waals surface area contributed by atoms with E-state index in [2.05, 4.69) is 23.2 Å². The van der Waals surface area contributed by atoms with Gasteiger partial charge in [0.05, 0.1) is 30.0 Å². The van der Waals surface area contributed by atoms with Gasteiger partial charge in [-0.25, -0.2) is 4.98 Å². The Labute approximate surface area is 118 Å². The largest absolute Gasteiger partial charge is 0.387 e. The van der Waals surface area contributed by atoms with E-state index in [-0.39, 0.29) is 0 Å². The highest BCUT2D eigenvalue weighted by Crippen LogP contribution is 2.22. The Balaban J connectivity index is 1.92. The number of imidazole rings is 1. The number of hydrogen-bond acceptors (Lipinski definition) is 2. The van der Waals surface area contributed by atoms with E-state index >= 15 is 0 Å². The molecule has 0 fully saturated rings. The number of hydrogen-bond donors (Lipinski definition) is 1. The van der Waals surface area contributed by atoms with Gasteiger partial charge in [0.1, 0.15) is 0 Å². The second kappa shape index (κ2) is 5.10. The Kier molecular flexibility index (Phi) is 3.28. The number of para-hydroxylation sites is 2. The van der Waals surface area contributed by atoms with Crippen molar-refractivity contribution in [1.82, 2.24) is 9.55 Å². The van der Waals surface area contributed by atoms with Crippen molar-refractivity contribution in [3.8, 4) is 0 Å². The van der Waals surface area contributed by atoms with Crippen LogP contribution in [0.5, 0.6) is 0 Å². The van der Waals surface area contributed by atoms with Crippen molar-refractivity contribution < 1.29 is 5.11 Å². The highest BCUT2D eigenvalue weighted by atomic mass is 16.3. The van der Waals surface area contributed by atoms with Gasteiger partial charge in [0.15, 0.2) is 0 Å². The van der Waals surface area contributed by atoms with E-state index in [1.165, 1.54) is 5.56 Å². The summed E-state index contributed by atoms with van der Waals surface area (Å²) in [6.07, 6.45) is 1.27. The number of aryl methyl sites for hydroxylation is 2. The maximum atomic E-state index is 10.5. The molecule has 0 amide bonds. The predicted molar refractivity (Wildman–Crippen MR) is 80.6 cm³/mol. The second-order valence-electron chi connectivity index (χ2n) is 5.26. The molecule has 0 saturated heterocycles. The van der Waals surface area contributed by atoms with Crippen LogP contribution in [-0.4, -0.2) is 14.7 Å². The van der Waals surface area contributed by atoms with E-state index in [1.54, 1.807) is 6.33 Å². The van der Waals surface area contributed by atoms with Crippen LogP contribution in [0, 0.1) is 13.8 Å². The van der Waals surface area contributed by atoms with Gasteiger partial charge in [-0.1, -0.05) is 35.9 Å². The molecular weight excluding hydrogens is 248 g/mol. The number of nitrogens with zero attached hydrogens (tertiary/aromatic N) is 2. The summed E-state index contributed by atoms with van der Waals surface area (Å²) in [5.74, 6) is 0. The standard InChI is InChI=1S/C17H18N2O/c1-12-7-8-13(2)14(9-12)17(20)10-19-11-18-15-5-3-4-6-16(15)19/h3-9,11,17,20H,10H2,1-2H3. The molecule has 3 aromatic rings. The molecule has 20 heavy (non-hydrogen) atoms. The zero-order chi connectivity index (χ0) is 14.1. The lowest BCUT2D eigenvalue weighted by Crippen LogP contribution is -2.09. The molecule has 0 aliphatic carbocycles. The molecule has 3 rings (SSSR count). The fourth-order valence-corrected chi connectivity index (χ4v) is 2.56. The maximum absolute atomic E-state index is 10.5. The van der Waals surface area contributed by atoms with Gasteiger partial charge in [0.2, 0.25) is 0 Å². The quantitative estimate of drug-likeness (QED) is 0.789. The lowest BCUT2D eigenvalue weighted by atomic mass is 10.0. The molecule has 1 N–H and O–H groups in total. The van der Waals surface area contributed by atoms with Crippen molar-refractivity contribution in [2.24, 2.45) is 0 Å². The summed E-state index contributed by atoms with van der Waals surface area (Å²) < 4.78 is 2.00. The number of aliphatic hydroxyl groups is 1. The lowest BCUT2D eigenvalue weighted by molar-refractivity contribution is 0.157. The first-order chi connectivity index (χ1) is 9.65. The Hall–Kier alpha value is -2.13. The third-order valence-electron chi connectivity index (χ3n) is 3.69. The predicted octanol–water partition coefficient (Wildman–Crippen LogP) is 3.39. The van der Waals surface area contributed by atoms with E-state index in [0.717, 1.165) is 22.2 Å². The lowest BCUT2D eigenvalue weighted by Gasteiger charge is -2.15. The molecule has 2 aromatic carbocycles. The number of rotatable bonds is 3. The van der Waals surface area contributed by atoms with Crippen LogP contribution in [0.3, 0.4) is 0 Å². The first kappa shape index (κ1) is 12.9. The van der Waals surface area contributed by atoms with Gasteiger partial charge in [0.25, 0.3) is 0 Å². The fourth-order valence-electron chi connectivity index (χ4n) is 2.56. The smallest absolute Gasteiger partial charge is 0.0972 e. The summed E-state index contributed by atoms with van der Waals surface area (Å²) in [7, 11) is 0. The Morgan fingerprint density at radius 3 is 2.80 bits per heavy atom. The first-order valence-electron chi connectivity index (χ1n) is 6.80. The van der Waals surface area contributed by atoms with Gasteiger partial charge in [-0.05, 0) is 37.1 Å². The van der Waals surface area contributed by atoms with E-state index in [0.29, 0.717) is 6.54 Å². The number of fused-ring (bicyclic) bond motifs is 1. The van der Waals surface area contributed by atoms with Crippen LogP contribution in [0.15, 0.2) is 48.8 Å². The molecule has 0 aliphatic heterocycles. The van der Waals surface area contributed by atoms with Crippen molar-refractivity contribution in [2.75, 3.05) is 0 Å². The molecule has 3 nitrogen and oxygen atoms in total. The van der Waals surface area contributed by atoms with Crippen LogP contribution >= 0.6 is 0 Å². The molecule has 0 radical (unpaired) electrons. The van der Waals surface area contributed by atoms with Gasteiger partial charge in [-0.2, -0.15) is 0 Å². The first-order valence-corrected chi connectivity index (χ1v) is 6.80. The zero-order valence-electron chi connectivity index (χ0n) is 11.7. The average molecular weight is 266 g/mol. The third kappa shape index (κ3) is 2.32. The zero-order valence-corrected chi connectivity index (χ0v) is 11.7. The van der Waals surface area contributed by atoms with Gasteiger partial charge in [0, 0.05) is 0 Å². The fraction of sp³-hybridized carbons (Fsp3) is 0.235. The average Bonchev–Trinajstić information content (AvgIpc) is 2.85. The van der Waals surface area contributed by atoms with Gasteiger partial charge < -0.3 is 9.67 Å². The second-order valence-corrected chi connectivity index (χ2v) is 5.26. The van der Waals surface area contributed by atoms with Crippen LogP contribution < -0.4 is 0 Å². The molecule has 0 saturated carbocycles. The minimum Gasteiger partial charge on any atom is -0.387 e. The van der Waals surface area contributed by atoms with Gasteiger partial charge in [-0.15, -0.1) is 0 Å². The molecule has 1 heterocycles. The molecule has 1 unspecified atom stereocenters. The van der Waals surface area contributed by atoms with Crippen LogP contribution in [0.1, 0.15) is 22.8 Å². The van der Waals surface area contributed by atoms with Crippen molar-refractivity contribution in [3.05, 3.63) is 65.5 Å². The molecule has 3 heteroatoms. The highest BCUT2D eigenvalue weighted by Gasteiger charge is 2.13. The van der Waals surface area contributed by atoms with E-state index < -0.39 is 6.10 Å². The van der Waals surface area contributed by atoms with Gasteiger partial charge >= 0.3 is 0 Å². The van der Waals surface area contributed by atoms with Gasteiger partial charge in [-0.3, -0.25) is 0 Å². The number of benzene rings is 2. The summed E-state index contributed by atoms with van der Waals surface area (Å²) in [5.41, 5.74) is 5.29. The summed E-state index contributed by atoms with van der Waals surface area (Å²) in [4.78, 5) is 4.36. The molecule has 0 spiro atoms. The Bertz CT molecular complexity index is 746. The Morgan fingerprint density at radius 2 is 1.95 bits per heavy atom. The monoisotopic (exact) mass is 266 g/mol. The molecule has 0 bridgehead atoms. The van der Waals surface area contributed by atoms with Crippen LogP contribution in [0.25, 0.3) is 11.0 Å². The van der Waals surface area contributed by atoms with Crippen LogP contribution in [0.4, 0.5) is 0 Å². The Morgan fingerprint density at radius 1 is 1.15 bits per heavy atom. The molecule has 102 valence electrons. The summed E-state index contributed by atoms with van der Waals surface area (Å²) in [5, 5.41) is 10.5. The van der Waals surface area contributed by atoms with E-state index in [9.17, 15) is 5.11 Å². The summed E-state index contributed by atoms with van der Waals surface area (Å²) >= 11 is 0. The summed E-state index contributed by atoms with van der Waals surface area (Å²) in [6, 6.07) is 14.1. The van der Waals surface area contributed by atoms with Crippen molar-refractivity contribution in [3.63, 3.8) is 0 Å². The maximum Gasteiger partial charge on any atom is 0.0972 e. The minimum atomic E-state index is -0.521. The highest BCUT2D eigenvalue weighted by molar-refractivity contribution is 5.74. The van der Waals surface area contributed by atoms with E-state index in [4.69, 9.17) is 0 Å². The summed E-state index contributed by atoms with van der Waals surface area (Å²) in [6.45, 7) is 4.59. The van der Waals surface area contributed by atoms with Crippen molar-refractivity contribution >= 4 is 11.0 Å². The topological polar surface area (TPSA) is 38.0 Å². The van der Waals surface area contributed by atoms with Crippen molar-refractivity contribution in [1.29, 1.82) is 0 Å². The molecule has 1 aromatic heterocycles. The molecular formula is C17H18N2O. The molecule has 1 atom stereocenters.